The van der Waals surface area contributed by atoms with Crippen molar-refractivity contribution < 1.29 is 18.0 Å². The Morgan fingerprint density at radius 2 is 1.54 bits per heavy atom. The number of carbonyl (C=O) groups is 2. The third-order valence-electron chi connectivity index (χ3n) is 7.34. The summed E-state index contributed by atoms with van der Waals surface area (Å²) >= 11 is 12.8. The lowest BCUT2D eigenvalue weighted by molar-refractivity contribution is -0.140. The van der Waals surface area contributed by atoms with Crippen LogP contribution in [-0.2, 0) is 26.2 Å². The van der Waals surface area contributed by atoms with Crippen molar-refractivity contribution in [3.8, 4) is 0 Å². The first-order valence-electron chi connectivity index (χ1n) is 13.9. The highest BCUT2D eigenvalue weighted by Gasteiger charge is 2.35. The van der Waals surface area contributed by atoms with E-state index >= 15 is 0 Å². The largest absolute Gasteiger partial charge is 0.352 e. The van der Waals surface area contributed by atoms with Crippen LogP contribution in [0.2, 0.25) is 10.0 Å². The fraction of sp³-hybridized carbons (Fsp3) is 0.355. The lowest BCUT2D eigenvalue weighted by atomic mass is 9.95. The van der Waals surface area contributed by atoms with Crippen LogP contribution in [0.5, 0.6) is 0 Å². The van der Waals surface area contributed by atoms with Crippen molar-refractivity contribution in [1.82, 2.24) is 10.2 Å². The van der Waals surface area contributed by atoms with Crippen LogP contribution < -0.4 is 9.62 Å². The van der Waals surface area contributed by atoms with Gasteiger partial charge in [0.25, 0.3) is 10.0 Å². The molecule has 10 heteroatoms. The van der Waals surface area contributed by atoms with Crippen molar-refractivity contribution in [1.29, 1.82) is 0 Å². The Kier molecular flexibility index (Phi) is 10.7. The Bertz CT molecular complexity index is 1430. The molecular formula is C31H35Cl2N3O4S. The summed E-state index contributed by atoms with van der Waals surface area (Å²) in [6.07, 6.45) is 5.44. The number of nitrogens with zero attached hydrogens (tertiary/aromatic N) is 2. The third-order valence-corrected chi connectivity index (χ3v) is 9.93. The number of hydrogen-bond donors (Lipinski definition) is 1. The molecule has 0 unspecified atom stereocenters. The molecule has 3 aromatic carbocycles. The predicted molar refractivity (Wildman–Crippen MR) is 164 cm³/mol. The Morgan fingerprint density at radius 1 is 0.902 bits per heavy atom. The van der Waals surface area contributed by atoms with Crippen LogP contribution in [0.4, 0.5) is 5.69 Å². The van der Waals surface area contributed by atoms with E-state index in [9.17, 15) is 18.0 Å². The van der Waals surface area contributed by atoms with Gasteiger partial charge in [0.15, 0.2) is 0 Å². The minimum absolute atomic E-state index is 0.000495. The van der Waals surface area contributed by atoms with Crippen LogP contribution in [0.15, 0.2) is 83.8 Å². The van der Waals surface area contributed by atoms with E-state index in [4.69, 9.17) is 23.2 Å². The maximum atomic E-state index is 14.2. The first kappa shape index (κ1) is 30.9. The summed E-state index contributed by atoms with van der Waals surface area (Å²) in [6.45, 7) is 1.42. The molecule has 3 aromatic rings. The Balaban J connectivity index is 1.71. The Morgan fingerprint density at radius 3 is 2.17 bits per heavy atom. The van der Waals surface area contributed by atoms with E-state index in [1.165, 1.54) is 23.1 Å². The van der Waals surface area contributed by atoms with E-state index in [2.05, 4.69) is 5.32 Å². The molecule has 4 rings (SSSR count). The van der Waals surface area contributed by atoms with E-state index in [0.29, 0.717) is 6.42 Å². The van der Waals surface area contributed by atoms with Gasteiger partial charge in [-0.3, -0.25) is 13.9 Å². The summed E-state index contributed by atoms with van der Waals surface area (Å²) in [7, 11) is -4.23. The normalized spacial score (nSPS) is 14.7. The van der Waals surface area contributed by atoms with Gasteiger partial charge in [0.2, 0.25) is 11.8 Å². The van der Waals surface area contributed by atoms with Gasteiger partial charge in [0, 0.05) is 12.6 Å². The summed E-state index contributed by atoms with van der Waals surface area (Å²) < 4.78 is 28.8. The minimum atomic E-state index is -4.23. The summed E-state index contributed by atoms with van der Waals surface area (Å²) in [5.74, 6) is -0.767. The fourth-order valence-electron chi connectivity index (χ4n) is 5.16. The van der Waals surface area contributed by atoms with Crippen molar-refractivity contribution in [3.05, 3.63) is 94.5 Å². The number of carbonyl (C=O) groups excluding carboxylic acids is 2. The monoisotopic (exact) mass is 615 g/mol. The number of benzene rings is 3. The zero-order chi connectivity index (χ0) is 29.4. The lowest BCUT2D eigenvalue weighted by Crippen LogP contribution is -2.54. The van der Waals surface area contributed by atoms with Crippen molar-refractivity contribution in [2.45, 2.75) is 69.0 Å². The molecule has 0 aliphatic heterocycles. The molecule has 1 saturated carbocycles. The predicted octanol–water partition coefficient (Wildman–Crippen LogP) is 6.45. The minimum Gasteiger partial charge on any atom is -0.352 e. The number of sulfonamides is 1. The fourth-order valence-corrected chi connectivity index (χ4v) is 7.06. The standard InChI is InChI=1S/C31H35Cl2N3O4S/c1-2-27(31(38)34-24-15-8-4-9-16-24)35(21-23-13-6-3-7-14-23)29(37)22-36(28-20-12-19-26(32)30(28)33)41(39,40)25-17-10-5-11-18-25/h3,5-7,10-14,17-20,24,27H,2,4,8-9,15-16,21-22H2,1H3,(H,34,38)/t27-/m1/s1. The van der Waals surface area contributed by atoms with Gasteiger partial charge < -0.3 is 10.2 Å². The molecule has 1 atom stereocenters. The number of nitrogens with one attached hydrogen (secondary N) is 1. The highest BCUT2D eigenvalue weighted by atomic mass is 35.5. The molecule has 218 valence electrons. The van der Waals surface area contributed by atoms with E-state index in [0.717, 1.165) is 42.0 Å². The second kappa shape index (κ2) is 14.2. The second-order valence-corrected chi connectivity index (χ2v) is 12.8. The average Bonchev–Trinajstić information content (AvgIpc) is 2.98. The zero-order valence-electron chi connectivity index (χ0n) is 23.0. The average molecular weight is 617 g/mol. The zero-order valence-corrected chi connectivity index (χ0v) is 25.3. The summed E-state index contributed by atoms with van der Waals surface area (Å²) in [5.41, 5.74) is 0.902. The van der Waals surface area contributed by atoms with E-state index in [-0.39, 0.29) is 39.1 Å². The molecule has 1 fully saturated rings. The van der Waals surface area contributed by atoms with Crippen LogP contribution in [0.25, 0.3) is 0 Å². The van der Waals surface area contributed by atoms with Crippen LogP contribution in [0.3, 0.4) is 0 Å². The van der Waals surface area contributed by atoms with Crippen molar-refractivity contribution in [2.24, 2.45) is 0 Å². The molecule has 0 bridgehead atoms. The number of anilines is 1. The van der Waals surface area contributed by atoms with Gasteiger partial charge in [0.1, 0.15) is 12.6 Å². The topological polar surface area (TPSA) is 86.8 Å². The summed E-state index contributed by atoms with van der Waals surface area (Å²) in [5, 5.41) is 3.31. The molecule has 1 N–H and O–H groups in total. The Hall–Kier alpha value is -3.07. The van der Waals surface area contributed by atoms with E-state index in [1.54, 1.807) is 30.3 Å². The number of amides is 2. The quantitative estimate of drug-likeness (QED) is 0.269. The number of halogens is 2. The van der Waals surface area contributed by atoms with Crippen molar-refractivity contribution in [2.75, 3.05) is 10.8 Å². The van der Waals surface area contributed by atoms with Gasteiger partial charge in [0.05, 0.1) is 20.6 Å². The van der Waals surface area contributed by atoms with Crippen LogP contribution in [0.1, 0.15) is 51.0 Å². The van der Waals surface area contributed by atoms with Crippen LogP contribution in [0, 0.1) is 0 Å². The van der Waals surface area contributed by atoms with E-state index in [1.807, 2.05) is 37.3 Å². The van der Waals surface area contributed by atoms with Crippen molar-refractivity contribution in [3.63, 3.8) is 0 Å². The molecule has 41 heavy (non-hydrogen) atoms. The molecule has 1 aliphatic rings. The number of hydrogen-bond acceptors (Lipinski definition) is 4. The molecule has 1 aliphatic carbocycles. The van der Waals surface area contributed by atoms with Crippen LogP contribution >= 0.6 is 23.2 Å². The summed E-state index contributed by atoms with van der Waals surface area (Å²) in [4.78, 5) is 29.2. The SMILES string of the molecule is CC[C@H](C(=O)NC1CCCCC1)N(Cc1ccccc1)C(=O)CN(c1cccc(Cl)c1Cl)S(=O)(=O)c1ccccc1. The van der Waals surface area contributed by atoms with Crippen molar-refractivity contribution >= 4 is 50.7 Å². The second-order valence-electron chi connectivity index (χ2n) is 10.2. The first-order valence-corrected chi connectivity index (χ1v) is 16.1. The molecule has 0 heterocycles. The van der Waals surface area contributed by atoms with E-state index < -0.39 is 28.5 Å². The molecule has 0 saturated heterocycles. The van der Waals surface area contributed by atoms with Crippen LogP contribution in [-0.4, -0.2) is 43.8 Å². The smallest absolute Gasteiger partial charge is 0.264 e. The lowest BCUT2D eigenvalue weighted by Gasteiger charge is -2.34. The Labute approximate surface area is 252 Å². The molecule has 2 amide bonds. The summed E-state index contributed by atoms with van der Waals surface area (Å²) in [6, 6.07) is 21.1. The first-order chi connectivity index (χ1) is 19.7. The number of rotatable bonds is 11. The van der Waals surface area contributed by atoms with Gasteiger partial charge in [-0.1, -0.05) is 104 Å². The van der Waals surface area contributed by atoms with Gasteiger partial charge in [-0.2, -0.15) is 0 Å². The molecule has 7 nitrogen and oxygen atoms in total. The molecule has 0 spiro atoms. The van der Waals surface area contributed by atoms with Gasteiger partial charge in [-0.05, 0) is 49.1 Å². The molecular weight excluding hydrogens is 581 g/mol. The third kappa shape index (κ3) is 7.61. The van der Waals surface area contributed by atoms with Gasteiger partial charge in [-0.25, -0.2) is 8.42 Å². The highest BCUT2D eigenvalue weighted by molar-refractivity contribution is 7.92. The highest BCUT2D eigenvalue weighted by Crippen LogP contribution is 2.35. The van der Waals surface area contributed by atoms with Gasteiger partial charge >= 0.3 is 0 Å². The maximum absolute atomic E-state index is 14.2. The van der Waals surface area contributed by atoms with Gasteiger partial charge in [-0.15, -0.1) is 0 Å². The molecule has 0 aromatic heterocycles. The maximum Gasteiger partial charge on any atom is 0.264 e. The molecule has 0 radical (unpaired) electrons.